The second-order valence-electron chi connectivity index (χ2n) is 5.67. The fourth-order valence-electron chi connectivity index (χ4n) is 4.94. The van der Waals surface area contributed by atoms with Crippen LogP contribution in [0.2, 0.25) is 0 Å². The van der Waals surface area contributed by atoms with Crippen LogP contribution >= 0.6 is 23.2 Å². The van der Waals surface area contributed by atoms with Gasteiger partial charge in [-0.25, -0.2) is 0 Å². The topological polar surface area (TPSA) is 0 Å². The molecular formula is C12H14Cl2. The highest BCUT2D eigenvalue weighted by atomic mass is 35.5. The van der Waals surface area contributed by atoms with E-state index in [9.17, 15) is 0 Å². The normalized spacial score (nSPS) is 61.0. The Bertz CT molecular complexity index is 320. The first-order valence-corrected chi connectivity index (χ1v) is 6.48. The van der Waals surface area contributed by atoms with E-state index in [1.54, 1.807) is 0 Å². The van der Waals surface area contributed by atoms with E-state index >= 15 is 0 Å². The first-order chi connectivity index (χ1) is 6.67. The predicted octanol–water partition coefficient (Wildman–Crippen LogP) is 3.64. The van der Waals surface area contributed by atoms with Crippen LogP contribution in [0.1, 0.15) is 19.3 Å². The average molecular weight is 229 g/mol. The molecular weight excluding hydrogens is 215 g/mol. The molecule has 14 heavy (non-hydrogen) atoms. The van der Waals surface area contributed by atoms with Crippen LogP contribution in [-0.2, 0) is 0 Å². The largest absolute Gasteiger partial charge is 0.121 e. The molecule has 0 heterocycles. The lowest BCUT2D eigenvalue weighted by Crippen LogP contribution is -2.36. The van der Waals surface area contributed by atoms with Crippen LogP contribution < -0.4 is 0 Å². The van der Waals surface area contributed by atoms with Gasteiger partial charge >= 0.3 is 0 Å². The van der Waals surface area contributed by atoms with Gasteiger partial charge in [0.1, 0.15) is 4.33 Å². The zero-order valence-corrected chi connectivity index (χ0v) is 9.51. The van der Waals surface area contributed by atoms with Gasteiger partial charge in [0, 0.05) is 0 Å². The first-order valence-electron chi connectivity index (χ1n) is 5.73. The number of alkyl halides is 2. The summed E-state index contributed by atoms with van der Waals surface area (Å²) < 4.78 is -0.385. The molecule has 6 atom stereocenters. The molecule has 0 spiro atoms. The van der Waals surface area contributed by atoms with Crippen molar-refractivity contribution in [1.82, 2.24) is 0 Å². The van der Waals surface area contributed by atoms with Crippen LogP contribution in [-0.4, -0.2) is 4.33 Å². The minimum Gasteiger partial charge on any atom is -0.101 e. The number of allylic oxidation sites excluding steroid dienone is 2. The standard InChI is InChI=1S/C12H14Cl2/c13-12(14)5-8-4-9(12)11-7-2-1-6(3-7)10(8)11/h1-2,6-11H,3-5H2. The van der Waals surface area contributed by atoms with E-state index in [1.165, 1.54) is 12.8 Å². The summed E-state index contributed by atoms with van der Waals surface area (Å²) in [5, 5.41) is 0. The number of halogens is 2. The molecule has 4 aliphatic carbocycles. The van der Waals surface area contributed by atoms with Crippen LogP contribution in [0.15, 0.2) is 12.2 Å². The molecule has 0 amide bonds. The van der Waals surface area contributed by atoms with Crippen molar-refractivity contribution in [3.05, 3.63) is 12.2 Å². The summed E-state index contributed by atoms with van der Waals surface area (Å²) in [6.07, 6.45) is 8.63. The number of rotatable bonds is 0. The van der Waals surface area contributed by atoms with Crippen molar-refractivity contribution in [2.45, 2.75) is 23.6 Å². The van der Waals surface area contributed by atoms with Gasteiger partial charge in [-0.3, -0.25) is 0 Å². The smallest absolute Gasteiger partial charge is 0.101 e. The highest BCUT2D eigenvalue weighted by Crippen LogP contribution is 2.70. The molecule has 0 aliphatic heterocycles. The van der Waals surface area contributed by atoms with Crippen molar-refractivity contribution in [3.8, 4) is 0 Å². The lowest BCUT2D eigenvalue weighted by molar-refractivity contribution is 0.197. The van der Waals surface area contributed by atoms with E-state index in [0.29, 0.717) is 5.92 Å². The Morgan fingerprint density at radius 2 is 1.71 bits per heavy atom. The van der Waals surface area contributed by atoms with Gasteiger partial charge < -0.3 is 0 Å². The maximum Gasteiger partial charge on any atom is 0.121 e. The van der Waals surface area contributed by atoms with Gasteiger partial charge in [0.25, 0.3) is 0 Å². The van der Waals surface area contributed by atoms with Gasteiger partial charge in [0.05, 0.1) is 0 Å². The lowest BCUT2D eigenvalue weighted by Gasteiger charge is -2.38. The number of fused-ring (bicyclic) bond motifs is 9. The van der Waals surface area contributed by atoms with Gasteiger partial charge in [-0.2, -0.15) is 0 Å². The van der Waals surface area contributed by atoms with E-state index in [2.05, 4.69) is 12.2 Å². The summed E-state index contributed by atoms with van der Waals surface area (Å²) in [5.41, 5.74) is 0. The molecule has 4 bridgehead atoms. The Labute approximate surface area is 94.6 Å². The SMILES string of the molecule is ClC1(Cl)CC2CC1C1C3C=CC(C3)C21. The summed E-state index contributed by atoms with van der Waals surface area (Å²) in [7, 11) is 0. The van der Waals surface area contributed by atoms with E-state index in [0.717, 1.165) is 36.0 Å². The fourth-order valence-corrected chi connectivity index (χ4v) is 5.81. The van der Waals surface area contributed by atoms with Crippen molar-refractivity contribution < 1.29 is 0 Å². The van der Waals surface area contributed by atoms with E-state index in [-0.39, 0.29) is 4.33 Å². The molecule has 4 rings (SSSR count). The summed E-state index contributed by atoms with van der Waals surface area (Å²) in [5.74, 6) is 4.90. The first kappa shape index (κ1) is 8.47. The van der Waals surface area contributed by atoms with Crippen LogP contribution in [0.25, 0.3) is 0 Å². The Kier molecular flexibility index (Phi) is 1.42. The van der Waals surface area contributed by atoms with Crippen molar-refractivity contribution in [2.75, 3.05) is 0 Å². The maximum absolute atomic E-state index is 6.41. The van der Waals surface area contributed by atoms with Crippen molar-refractivity contribution in [1.29, 1.82) is 0 Å². The third kappa shape index (κ3) is 0.804. The highest BCUT2D eigenvalue weighted by Gasteiger charge is 2.65. The van der Waals surface area contributed by atoms with Gasteiger partial charge in [0.2, 0.25) is 0 Å². The van der Waals surface area contributed by atoms with Crippen molar-refractivity contribution >= 4 is 23.2 Å². The number of hydrogen-bond acceptors (Lipinski definition) is 0. The Hall–Kier alpha value is 0.320. The minimum atomic E-state index is -0.385. The van der Waals surface area contributed by atoms with Gasteiger partial charge in [-0.05, 0) is 54.8 Å². The molecule has 0 nitrogen and oxygen atoms in total. The third-order valence-corrected chi connectivity index (χ3v) is 6.09. The number of hydrogen-bond donors (Lipinski definition) is 0. The molecule has 0 aromatic carbocycles. The Morgan fingerprint density at radius 1 is 1.00 bits per heavy atom. The predicted molar refractivity (Wildman–Crippen MR) is 58.4 cm³/mol. The quantitative estimate of drug-likeness (QED) is 0.338. The van der Waals surface area contributed by atoms with Crippen LogP contribution in [0.4, 0.5) is 0 Å². The van der Waals surface area contributed by atoms with E-state index < -0.39 is 0 Å². The molecule has 0 aromatic heterocycles. The molecule has 0 N–H and O–H groups in total. The van der Waals surface area contributed by atoms with Gasteiger partial charge in [-0.1, -0.05) is 12.2 Å². The molecule has 4 aliphatic rings. The van der Waals surface area contributed by atoms with E-state index in [1.807, 2.05) is 0 Å². The second-order valence-corrected chi connectivity index (χ2v) is 7.21. The molecule has 3 saturated carbocycles. The zero-order chi connectivity index (χ0) is 9.50. The monoisotopic (exact) mass is 228 g/mol. The van der Waals surface area contributed by atoms with Crippen LogP contribution in [0, 0.1) is 35.5 Å². The van der Waals surface area contributed by atoms with Crippen molar-refractivity contribution in [3.63, 3.8) is 0 Å². The minimum absolute atomic E-state index is 0.385. The summed E-state index contributed by atoms with van der Waals surface area (Å²) >= 11 is 12.8. The summed E-state index contributed by atoms with van der Waals surface area (Å²) in [6, 6.07) is 0. The average Bonchev–Trinajstić information content (AvgIpc) is 2.73. The van der Waals surface area contributed by atoms with Crippen LogP contribution in [0.3, 0.4) is 0 Å². The van der Waals surface area contributed by atoms with Crippen LogP contribution in [0.5, 0.6) is 0 Å². The zero-order valence-electron chi connectivity index (χ0n) is 8.00. The summed E-state index contributed by atoms with van der Waals surface area (Å²) in [4.78, 5) is 0. The second kappa shape index (κ2) is 2.35. The molecule has 2 heteroatoms. The molecule has 0 radical (unpaired) electrons. The Morgan fingerprint density at radius 3 is 2.50 bits per heavy atom. The molecule has 0 saturated heterocycles. The van der Waals surface area contributed by atoms with Crippen molar-refractivity contribution in [2.24, 2.45) is 35.5 Å². The molecule has 3 fully saturated rings. The highest BCUT2D eigenvalue weighted by molar-refractivity contribution is 6.48. The molecule has 0 aromatic rings. The molecule has 6 unspecified atom stereocenters. The maximum atomic E-state index is 6.41. The third-order valence-electron chi connectivity index (χ3n) is 5.23. The van der Waals surface area contributed by atoms with E-state index in [4.69, 9.17) is 23.2 Å². The molecule has 76 valence electrons. The Balaban J connectivity index is 1.79. The summed E-state index contributed by atoms with van der Waals surface area (Å²) in [6.45, 7) is 0. The van der Waals surface area contributed by atoms with Gasteiger partial charge in [-0.15, -0.1) is 23.2 Å². The lowest BCUT2D eigenvalue weighted by atomic mass is 9.73. The fraction of sp³-hybridized carbons (Fsp3) is 0.833. The van der Waals surface area contributed by atoms with Gasteiger partial charge in [0.15, 0.2) is 0 Å².